The number of carbonyl (C=O) groups is 1. The van der Waals surface area contributed by atoms with Crippen molar-refractivity contribution in [3.8, 4) is 0 Å². The maximum absolute atomic E-state index is 11.9. The Balaban J connectivity index is 4.11. The van der Waals surface area contributed by atoms with Crippen molar-refractivity contribution in [2.24, 2.45) is 11.1 Å². The van der Waals surface area contributed by atoms with Gasteiger partial charge in [-0.25, -0.2) is 0 Å². The van der Waals surface area contributed by atoms with E-state index in [0.717, 1.165) is 25.7 Å². The maximum Gasteiger partial charge on any atom is 0.220 e. The maximum atomic E-state index is 11.9. The van der Waals surface area contributed by atoms with Crippen molar-refractivity contribution in [1.82, 2.24) is 5.32 Å². The molecule has 3 N–H and O–H groups in total. The lowest BCUT2D eigenvalue weighted by atomic mass is 9.84. The zero-order valence-corrected chi connectivity index (χ0v) is 12.2. The molecule has 0 unspecified atom stereocenters. The van der Waals surface area contributed by atoms with Crippen LogP contribution in [0.2, 0.25) is 0 Å². The molecule has 0 aliphatic heterocycles. The van der Waals surface area contributed by atoms with Gasteiger partial charge in [0.1, 0.15) is 0 Å². The average Bonchev–Trinajstić information content (AvgIpc) is 2.26. The van der Waals surface area contributed by atoms with E-state index in [1.165, 1.54) is 0 Å². The van der Waals surface area contributed by atoms with Gasteiger partial charge in [-0.3, -0.25) is 4.79 Å². The van der Waals surface area contributed by atoms with Gasteiger partial charge in [0.2, 0.25) is 5.91 Å². The Bertz CT molecular complexity index is 232. The first-order valence-corrected chi connectivity index (χ1v) is 6.79. The molecule has 0 saturated heterocycles. The van der Waals surface area contributed by atoms with Crippen LogP contribution in [0, 0.1) is 5.41 Å². The summed E-state index contributed by atoms with van der Waals surface area (Å²) in [5, 5.41) is 3.14. The first-order chi connectivity index (χ1) is 7.78. The van der Waals surface area contributed by atoms with Gasteiger partial charge in [-0.15, -0.1) is 0 Å². The third-order valence-corrected chi connectivity index (χ3v) is 3.85. The van der Waals surface area contributed by atoms with Crippen LogP contribution in [0.4, 0.5) is 0 Å². The predicted octanol–water partition coefficient (Wildman–Crippen LogP) is 2.84. The molecule has 1 amide bonds. The standard InChI is InChI=1S/C14H30N2O/c1-6-14(5,7-2)16-12(17)8-9-13(3,4)10-11-15/h6-11,15H2,1-5H3,(H,16,17). The van der Waals surface area contributed by atoms with Crippen molar-refractivity contribution in [1.29, 1.82) is 0 Å². The van der Waals surface area contributed by atoms with E-state index in [0.29, 0.717) is 13.0 Å². The third-order valence-electron chi connectivity index (χ3n) is 3.85. The zero-order chi connectivity index (χ0) is 13.5. The zero-order valence-electron chi connectivity index (χ0n) is 12.2. The summed E-state index contributed by atoms with van der Waals surface area (Å²) in [6.07, 6.45) is 4.42. The summed E-state index contributed by atoms with van der Waals surface area (Å²) in [7, 11) is 0. The highest BCUT2D eigenvalue weighted by Gasteiger charge is 2.23. The van der Waals surface area contributed by atoms with Gasteiger partial charge in [0, 0.05) is 12.0 Å². The van der Waals surface area contributed by atoms with Crippen LogP contribution in [-0.2, 0) is 4.79 Å². The molecule has 0 saturated carbocycles. The van der Waals surface area contributed by atoms with Crippen LogP contribution in [-0.4, -0.2) is 18.0 Å². The van der Waals surface area contributed by atoms with Gasteiger partial charge >= 0.3 is 0 Å². The van der Waals surface area contributed by atoms with Crippen LogP contribution >= 0.6 is 0 Å². The second-order valence-corrected chi connectivity index (χ2v) is 6.02. The lowest BCUT2D eigenvalue weighted by Gasteiger charge is -2.29. The molecule has 0 fully saturated rings. The Morgan fingerprint density at radius 1 is 1.12 bits per heavy atom. The predicted molar refractivity (Wildman–Crippen MR) is 73.8 cm³/mol. The van der Waals surface area contributed by atoms with Gasteiger partial charge in [0.25, 0.3) is 0 Å². The third kappa shape index (κ3) is 6.67. The van der Waals surface area contributed by atoms with Crippen molar-refractivity contribution < 1.29 is 4.79 Å². The van der Waals surface area contributed by atoms with E-state index >= 15 is 0 Å². The lowest BCUT2D eigenvalue weighted by molar-refractivity contribution is -0.123. The molecule has 0 heterocycles. The first-order valence-electron chi connectivity index (χ1n) is 6.79. The molecule has 0 atom stereocenters. The smallest absolute Gasteiger partial charge is 0.220 e. The number of amides is 1. The van der Waals surface area contributed by atoms with Crippen molar-refractivity contribution in [3.05, 3.63) is 0 Å². The molecule has 102 valence electrons. The summed E-state index contributed by atoms with van der Waals surface area (Å²) >= 11 is 0. The monoisotopic (exact) mass is 242 g/mol. The highest BCUT2D eigenvalue weighted by molar-refractivity contribution is 5.76. The fourth-order valence-electron chi connectivity index (χ4n) is 1.79. The van der Waals surface area contributed by atoms with Crippen LogP contribution in [0.15, 0.2) is 0 Å². The largest absolute Gasteiger partial charge is 0.351 e. The molecule has 0 radical (unpaired) electrons. The van der Waals surface area contributed by atoms with Crippen molar-refractivity contribution in [2.75, 3.05) is 6.54 Å². The van der Waals surface area contributed by atoms with Crippen LogP contribution < -0.4 is 11.1 Å². The summed E-state index contributed by atoms with van der Waals surface area (Å²) in [6, 6.07) is 0. The van der Waals surface area contributed by atoms with Crippen LogP contribution in [0.25, 0.3) is 0 Å². The molecule has 0 bridgehead atoms. The molecular formula is C14H30N2O. The fraction of sp³-hybridized carbons (Fsp3) is 0.929. The minimum absolute atomic E-state index is 0.0465. The Kier molecular flexibility index (Phi) is 6.76. The average molecular weight is 242 g/mol. The minimum atomic E-state index is -0.0465. The number of hydrogen-bond donors (Lipinski definition) is 2. The molecule has 0 aromatic carbocycles. The minimum Gasteiger partial charge on any atom is -0.351 e. The Morgan fingerprint density at radius 3 is 2.06 bits per heavy atom. The lowest BCUT2D eigenvalue weighted by Crippen LogP contribution is -2.45. The number of rotatable bonds is 8. The van der Waals surface area contributed by atoms with Crippen LogP contribution in [0.5, 0.6) is 0 Å². The summed E-state index contributed by atoms with van der Waals surface area (Å²) in [5.41, 5.74) is 5.69. The first kappa shape index (κ1) is 16.4. The molecule has 0 aromatic heterocycles. The SMILES string of the molecule is CCC(C)(CC)NC(=O)CCC(C)(C)CCN. The summed E-state index contributed by atoms with van der Waals surface area (Å²) in [6.45, 7) is 11.4. The quantitative estimate of drug-likeness (QED) is 0.687. The number of carbonyl (C=O) groups excluding carboxylic acids is 1. The van der Waals surface area contributed by atoms with E-state index in [1.807, 2.05) is 0 Å². The topological polar surface area (TPSA) is 55.1 Å². The summed E-state index contributed by atoms with van der Waals surface area (Å²) in [5.74, 6) is 0.168. The van der Waals surface area contributed by atoms with Gasteiger partial charge in [0.05, 0.1) is 0 Å². The second-order valence-electron chi connectivity index (χ2n) is 6.02. The number of hydrogen-bond acceptors (Lipinski definition) is 2. The Hall–Kier alpha value is -0.570. The van der Waals surface area contributed by atoms with Gasteiger partial charge in [-0.1, -0.05) is 27.7 Å². The van der Waals surface area contributed by atoms with Crippen molar-refractivity contribution in [2.45, 2.75) is 72.3 Å². The molecule has 17 heavy (non-hydrogen) atoms. The van der Waals surface area contributed by atoms with E-state index in [2.05, 4.69) is 39.9 Å². The Labute approximate surface area is 107 Å². The molecule has 0 aliphatic carbocycles. The van der Waals surface area contributed by atoms with Gasteiger partial charge in [-0.2, -0.15) is 0 Å². The van der Waals surface area contributed by atoms with Gasteiger partial charge in [0.15, 0.2) is 0 Å². The van der Waals surface area contributed by atoms with E-state index in [9.17, 15) is 4.79 Å². The van der Waals surface area contributed by atoms with Crippen LogP contribution in [0.1, 0.15) is 66.7 Å². The molecule has 0 aromatic rings. The molecule has 0 rings (SSSR count). The van der Waals surface area contributed by atoms with E-state index in [1.54, 1.807) is 0 Å². The Morgan fingerprint density at radius 2 is 1.65 bits per heavy atom. The normalized spacial score (nSPS) is 12.6. The van der Waals surface area contributed by atoms with Crippen molar-refractivity contribution >= 4 is 5.91 Å². The molecule has 0 spiro atoms. The molecule has 3 heteroatoms. The van der Waals surface area contributed by atoms with E-state index in [-0.39, 0.29) is 16.9 Å². The molecular weight excluding hydrogens is 212 g/mol. The van der Waals surface area contributed by atoms with Crippen LogP contribution in [0.3, 0.4) is 0 Å². The van der Waals surface area contributed by atoms with E-state index in [4.69, 9.17) is 5.73 Å². The summed E-state index contributed by atoms with van der Waals surface area (Å²) in [4.78, 5) is 11.9. The van der Waals surface area contributed by atoms with E-state index < -0.39 is 0 Å². The highest BCUT2D eigenvalue weighted by Crippen LogP contribution is 2.26. The highest BCUT2D eigenvalue weighted by atomic mass is 16.1. The second kappa shape index (κ2) is 7.00. The summed E-state index contributed by atoms with van der Waals surface area (Å²) < 4.78 is 0. The van der Waals surface area contributed by atoms with Crippen molar-refractivity contribution in [3.63, 3.8) is 0 Å². The number of nitrogens with two attached hydrogens (primary N) is 1. The molecule has 3 nitrogen and oxygen atoms in total. The van der Waals surface area contributed by atoms with Gasteiger partial charge in [-0.05, 0) is 44.6 Å². The molecule has 0 aliphatic rings. The fourth-order valence-corrected chi connectivity index (χ4v) is 1.79. The number of nitrogens with one attached hydrogen (secondary N) is 1. The van der Waals surface area contributed by atoms with Gasteiger partial charge < -0.3 is 11.1 Å².